The molecule has 0 unspecified atom stereocenters. The predicted octanol–water partition coefficient (Wildman–Crippen LogP) is 3.07. The smallest absolute Gasteiger partial charge is 0.141 e. The molecule has 2 aromatic heterocycles. The van der Waals surface area contributed by atoms with Crippen molar-refractivity contribution in [2.75, 3.05) is 19.8 Å². The van der Waals surface area contributed by atoms with E-state index in [-0.39, 0.29) is 12.1 Å². The maximum atomic E-state index is 5.83. The van der Waals surface area contributed by atoms with E-state index in [1.54, 1.807) is 0 Å². The molecule has 1 aliphatic heterocycles. The topological polar surface area (TPSA) is 49.2 Å². The lowest BCUT2D eigenvalue weighted by Gasteiger charge is -2.21. The molecule has 4 rings (SSSR count). The number of nitrogens with zero attached hydrogens (tertiary/aromatic N) is 3. The van der Waals surface area contributed by atoms with E-state index in [2.05, 4.69) is 20.6 Å². The Balaban J connectivity index is 1.80. The summed E-state index contributed by atoms with van der Waals surface area (Å²) in [5.41, 5.74) is 2.06. The zero-order chi connectivity index (χ0) is 15.6. The van der Waals surface area contributed by atoms with Crippen LogP contribution in [0.3, 0.4) is 0 Å². The normalized spacial score (nSPS) is 21.1. The summed E-state index contributed by atoms with van der Waals surface area (Å²) >= 11 is 0. The minimum atomic E-state index is 0.0704. The van der Waals surface area contributed by atoms with E-state index in [0.717, 1.165) is 22.3 Å². The van der Waals surface area contributed by atoms with Gasteiger partial charge in [-0.2, -0.15) is 0 Å². The third-order valence-electron chi connectivity index (χ3n) is 4.30. The van der Waals surface area contributed by atoms with Gasteiger partial charge in [-0.05, 0) is 19.1 Å². The molecule has 23 heavy (non-hydrogen) atoms. The van der Waals surface area contributed by atoms with Crippen molar-refractivity contribution in [1.82, 2.24) is 14.5 Å². The van der Waals surface area contributed by atoms with Gasteiger partial charge >= 0.3 is 0 Å². The van der Waals surface area contributed by atoms with E-state index in [1.165, 1.54) is 0 Å². The molecule has 118 valence electrons. The molecule has 0 amide bonds. The summed E-state index contributed by atoms with van der Waals surface area (Å²) in [6, 6.07) is 10.3. The number of imidazole rings is 1. The van der Waals surface area contributed by atoms with Crippen LogP contribution in [0.4, 0.5) is 0 Å². The summed E-state index contributed by atoms with van der Waals surface area (Å²) in [4.78, 5) is 9.04. The van der Waals surface area contributed by atoms with E-state index in [4.69, 9.17) is 9.47 Å². The first-order valence-electron chi connectivity index (χ1n) is 7.94. The van der Waals surface area contributed by atoms with Crippen LogP contribution in [0.5, 0.6) is 0 Å². The molecule has 0 bridgehead atoms. The fourth-order valence-corrected chi connectivity index (χ4v) is 3.24. The Morgan fingerprint density at radius 2 is 2.09 bits per heavy atom. The third kappa shape index (κ3) is 2.52. The van der Waals surface area contributed by atoms with Crippen LogP contribution in [0.1, 0.15) is 13.0 Å². The van der Waals surface area contributed by atoms with Crippen LogP contribution in [-0.2, 0) is 9.47 Å². The van der Waals surface area contributed by atoms with E-state index in [0.29, 0.717) is 19.8 Å². The van der Waals surface area contributed by atoms with Gasteiger partial charge in [0.25, 0.3) is 0 Å². The number of ether oxygens (including phenoxy) is 2. The largest absolute Gasteiger partial charge is 0.376 e. The van der Waals surface area contributed by atoms with Crippen molar-refractivity contribution in [3.05, 3.63) is 48.9 Å². The van der Waals surface area contributed by atoms with Crippen molar-refractivity contribution in [2.45, 2.75) is 19.1 Å². The molecule has 3 aromatic rings. The standard InChI is InChI=1S/C18H19N3O2/c1-2-23-17-12-22-11-16(17)21-10-9-20-18(21)14-7-8-19-15-6-4-3-5-13(14)15/h3-10,16-17H,2,11-12H2,1H3/t16-,17-/m0/s1. The Kier molecular flexibility index (Phi) is 3.81. The van der Waals surface area contributed by atoms with Gasteiger partial charge in [0.05, 0.1) is 24.8 Å². The Morgan fingerprint density at radius 3 is 3.00 bits per heavy atom. The number of para-hydroxylation sites is 1. The third-order valence-corrected chi connectivity index (χ3v) is 4.30. The van der Waals surface area contributed by atoms with E-state index >= 15 is 0 Å². The van der Waals surface area contributed by atoms with Crippen molar-refractivity contribution in [3.8, 4) is 11.4 Å². The molecule has 0 radical (unpaired) electrons. The summed E-state index contributed by atoms with van der Waals surface area (Å²) < 4.78 is 13.6. The van der Waals surface area contributed by atoms with Gasteiger partial charge in [-0.15, -0.1) is 0 Å². The van der Waals surface area contributed by atoms with Crippen LogP contribution in [0.15, 0.2) is 48.9 Å². The summed E-state index contributed by atoms with van der Waals surface area (Å²) in [5.74, 6) is 0.934. The highest BCUT2D eigenvalue weighted by molar-refractivity contribution is 5.92. The van der Waals surface area contributed by atoms with Crippen LogP contribution in [0.25, 0.3) is 22.3 Å². The quantitative estimate of drug-likeness (QED) is 0.743. The molecule has 3 heterocycles. The van der Waals surface area contributed by atoms with Gasteiger partial charge in [0, 0.05) is 36.1 Å². The average molecular weight is 309 g/mol. The second-order valence-electron chi connectivity index (χ2n) is 5.63. The van der Waals surface area contributed by atoms with Crippen LogP contribution in [0.2, 0.25) is 0 Å². The SMILES string of the molecule is CCO[C@H]1COC[C@@H]1n1ccnc1-c1ccnc2ccccc12. The number of benzene rings is 1. The number of hydrogen-bond donors (Lipinski definition) is 0. The van der Waals surface area contributed by atoms with Gasteiger partial charge in [-0.1, -0.05) is 18.2 Å². The Bertz CT molecular complexity index is 809. The molecule has 0 spiro atoms. The minimum Gasteiger partial charge on any atom is -0.376 e. The predicted molar refractivity (Wildman–Crippen MR) is 88.2 cm³/mol. The first-order chi connectivity index (χ1) is 11.4. The molecule has 1 aliphatic rings. The van der Waals surface area contributed by atoms with Crippen molar-refractivity contribution in [2.24, 2.45) is 0 Å². The highest BCUT2D eigenvalue weighted by atomic mass is 16.5. The lowest BCUT2D eigenvalue weighted by Crippen LogP contribution is -2.25. The molecule has 5 nitrogen and oxygen atoms in total. The van der Waals surface area contributed by atoms with E-state index in [1.807, 2.05) is 49.8 Å². The van der Waals surface area contributed by atoms with Gasteiger partial charge in [-0.25, -0.2) is 4.98 Å². The van der Waals surface area contributed by atoms with Crippen LogP contribution < -0.4 is 0 Å². The number of aromatic nitrogens is 3. The van der Waals surface area contributed by atoms with Gasteiger partial charge in [0.2, 0.25) is 0 Å². The van der Waals surface area contributed by atoms with Gasteiger partial charge < -0.3 is 14.0 Å². The lowest BCUT2D eigenvalue weighted by atomic mass is 10.1. The first-order valence-corrected chi connectivity index (χ1v) is 7.94. The highest BCUT2D eigenvalue weighted by Crippen LogP contribution is 2.31. The monoisotopic (exact) mass is 309 g/mol. The first kappa shape index (κ1) is 14.4. The highest BCUT2D eigenvalue weighted by Gasteiger charge is 2.31. The maximum Gasteiger partial charge on any atom is 0.141 e. The number of rotatable bonds is 4. The number of fused-ring (bicyclic) bond motifs is 1. The fourth-order valence-electron chi connectivity index (χ4n) is 3.24. The van der Waals surface area contributed by atoms with Crippen molar-refractivity contribution in [1.29, 1.82) is 0 Å². The summed E-state index contributed by atoms with van der Waals surface area (Å²) in [7, 11) is 0. The van der Waals surface area contributed by atoms with E-state index < -0.39 is 0 Å². The number of hydrogen-bond acceptors (Lipinski definition) is 4. The molecule has 2 atom stereocenters. The number of pyridine rings is 1. The molecule has 1 saturated heterocycles. The molecule has 1 aromatic carbocycles. The summed E-state index contributed by atoms with van der Waals surface area (Å²) in [5, 5.41) is 1.11. The molecule has 5 heteroatoms. The zero-order valence-electron chi connectivity index (χ0n) is 13.1. The van der Waals surface area contributed by atoms with Gasteiger partial charge in [-0.3, -0.25) is 4.98 Å². The minimum absolute atomic E-state index is 0.0704. The molecule has 0 saturated carbocycles. The molecule has 1 fully saturated rings. The van der Waals surface area contributed by atoms with Crippen LogP contribution >= 0.6 is 0 Å². The fraction of sp³-hybridized carbons (Fsp3) is 0.333. The zero-order valence-corrected chi connectivity index (χ0v) is 13.1. The Hall–Kier alpha value is -2.24. The van der Waals surface area contributed by atoms with Gasteiger partial charge in [0.15, 0.2) is 0 Å². The Morgan fingerprint density at radius 1 is 1.17 bits per heavy atom. The molecular weight excluding hydrogens is 290 g/mol. The Labute approximate surface area is 134 Å². The second kappa shape index (κ2) is 6.10. The maximum absolute atomic E-state index is 5.83. The van der Waals surface area contributed by atoms with E-state index in [9.17, 15) is 0 Å². The van der Waals surface area contributed by atoms with Crippen LogP contribution in [-0.4, -0.2) is 40.5 Å². The molecule has 0 N–H and O–H groups in total. The average Bonchev–Trinajstić information content (AvgIpc) is 3.23. The summed E-state index contributed by atoms with van der Waals surface area (Å²) in [6.07, 6.45) is 5.75. The van der Waals surface area contributed by atoms with Crippen molar-refractivity contribution in [3.63, 3.8) is 0 Å². The summed E-state index contributed by atoms with van der Waals surface area (Å²) in [6.45, 7) is 3.98. The second-order valence-corrected chi connectivity index (χ2v) is 5.63. The molecule has 0 aliphatic carbocycles. The molecular formula is C18H19N3O2. The van der Waals surface area contributed by atoms with Crippen molar-refractivity contribution >= 4 is 10.9 Å². The van der Waals surface area contributed by atoms with Gasteiger partial charge in [0.1, 0.15) is 11.9 Å². The van der Waals surface area contributed by atoms with Crippen molar-refractivity contribution < 1.29 is 9.47 Å². The lowest BCUT2D eigenvalue weighted by molar-refractivity contribution is 0.0364. The van der Waals surface area contributed by atoms with Crippen LogP contribution in [0, 0.1) is 0 Å².